The number of aromatic nitrogens is 1. The maximum absolute atomic E-state index is 5.67. The van der Waals surface area contributed by atoms with Gasteiger partial charge in [0.25, 0.3) is 0 Å². The number of hydrogen-bond acceptors (Lipinski definition) is 3. The van der Waals surface area contributed by atoms with E-state index in [1.165, 1.54) is 5.57 Å². The maximum atomic E-state index is 5.67. The van der Waals surface area contributed by atoms with Crippen LogP contribution in [0.3, 0.4) is 0 Å². The molecule has 0 amide bonds. The number of hydrogen-bond donors (Lipinski definition) is 1. The summed E-state index contributed by atoms with van der Waals surface area (Å²) in [6.07, 6.45) is 4.28. The van der Waals surface area contributed by atoms with Gasteiger partial charge in [-0.25, -0.2) is 4.98 Å². The van der Waals surface area contributed by atoms with Crippen molar-refractivity contribution in [2.75, 3.05) is 0 Å². The third-order valence-electron chi connectivity index (χ3n) is 2.01. The second-order valence-corrected chi connectivity index (χ2v) is 4.19. The Hall–Kier alpha value is -0.670. The summed E-state index contributed by atoms with van der Waals surface area (Å²) in [6, 6.07) is 0.400. The molecule has 0 spiro atoms. The van der Waals surface area contributed by atoms with Crippen molar-refractivity contribution in [1.82, 2.24) is 4.98 Å². The Kier molecular flexibility index (Phi) is 1.98. The molecule has 1 fully saturated rings. The van der Waals surface area contributed by atoms with Crippen molar-refractivity contribution in [2.24, 2.45) is 5.73 Å². The number of thiazole rings is 1. The summed E-state index contributed by atoms with van der Waals surface area (Å²) in [5.41, 5.74) is 8.22. The van der Waals surface area contributed by atoms with E-state index in [9.17, 15) is 0 Å². The Labute approximate surface area is 76.1 Å². The van der Waals surface area contributed by atoms with Crippen molar-refractivity contribution in [3.8, 4) is 0 Å². The summed E-state index contributed by atoms with van der Waals surface area (Å²) in [5.74, 6) is 0. The van der Waals surface area contributed by atoms with E-state index in [0.717, 1.165) is 23.5 Å². The highest BCUT2D eigenvalue weighted by molar-refractivity contribution is 7.10. The molecule has 0 aromatic carbocycles. The lowest BCUT2D eigenvalue weighted by Crippen LogP contribution is -2.29. The number of nitrogens with zero attached hydrogens (tertiary/aromatic N) is 1. The smallest absolute Gasteiger partial charge is 0.116 e. The van der Waals surface area contributed by atoms with E-state index < -0.39 is 0 Å². The van der Waals surface area contributed by atoms with E-state index in [4.69, 9.17) is 5.73 Å². The van der Waals surface area contributed by atoms with Crippen LogP contribution in [0.25, 0.3) is 6.08 Å². The Morgan fingerprint density at radius 3 is 2.92 bits per heavy atom. The summed E-state index contributed by atoms with van der Waals surface area (Å²) < 4.78 is 0. The maximum Gasteiger partial charge on any atom is 0.116 e. The first-order chi connectivity index (χ1) is 5.74. The van der Waals surface area contributed by atoms with Gasteiger partial charge in [-0.3, -0.25) is 0 Å². The topological polar surface area (TPSA) is 38.9 Å². The van der Waals surface area contributed by atoms with Gasteiger partial charge in [0.1, 0.15) is 5.01 Å². The molecule has 0 saturated heterocycles. The van der Waals surface area contributed by atoms with Crippen LogP contribution in [0.15, 0.2) is 11.0 Å². The van der Waals surface area contributed by atoms with Gasteiger partial charge in [-0.1, -0.05) is 5.57 Å². The molecule has 2 N–H and O–H groups in total. The zero-order valence-corrected chi connectivity index (χ0v) is 7.90. The van der Waals surface area contributed by atoms with E-state index in [-0.39, 0.29) is 0 Å². The molecular formula is C9H12N2S. The van der Waals surface area contributed by atoms with Crippen LogP contribution in [0, 0.1) is 6.92 Å². The highest BCUT2D eigenvalue weighted by atomic mass is 32.1. The highest BCUT2D eigenvalue weighted by Gasteiger charge is 2.18. The summed E-state index contributed by atoms with van der Waals surface area (Å²) in [5, 5.41) is 3.19. The second-order valence-electron chi connectivity index (χ2n) is 3.30. The van der Waals surface area contributed by atoms with Crippen LogP contribution < -0.4 is 5.73 Å². The zero-order valence-electron chi connectivity index (χ0n) is 7.08. The first kappa shape index (κ1) is 7.95. The first-order valence-electron chi connectivity index (χ1n) is 4.11. The van der Waals surface area contributed by atoms with Crippen molar-refractivity contribution in [1.29, 1.82) is 0 Å². The molecule has 1 aliphatic carbocycles. The molecular weight excluding hydrogens is 168 g/mol. The van der Waals surface area contributed by atoms with E-state index in [0.29, 0.717) is 6.04 Å². The number of rotatable bonds is 1. The normalized spacial score (nSPS) is 22.2. The molecule has 0 radical (unpaired) electrons. The van der Waals surface area contributed by atoms with E-state index in [1.54, 1.807) is 11.3 Å². The summed E-state index contributed by atoms with van der Waals surface area (Å²) >= 11 is 1.70. The average molecular weight is 180 g/mol. The van der Waals surface area contributed by atoms with Gasteiger partial charge in [-0.2, -0.15) is 0 Å². The fourth-order valence-corrected chi connectivity index (χ4v) is 2.12. The predicted molar refractivity (Wildman–Crippen MR) is 52.0 cm³/mol. The first-order valence-corrected chi connectivity index (χ1v) is 4.99. The minimum atomic E-state index is 0.400. The summed E-state index contributed by atoms with van der Waals surface area (Å²) in [6.45, 7) is 2.02. The van der Waals surface area contributed by atoms with Crippen molar-refractivity contribution in [2.45, 2.75) is 25.8 Å². The predicted octanol–water partition coefficient (Wildman–Crippen LogP) is 1.96. The van der Waals surface area contributed by atoms with Gasteiger partial charge in [0.15, 0.2) is 0 Å². The molecule has 2 rings (SSSR count). The lowest BCUT2D eigenvalue weighted by molar-refractivity contribution is 0.547. The molecule has 1 aliphatic rings. The lowest BCUT2D eigenvalue weighted by Gasteiger charge is -2.24. The molecule has 12 heavy (non-hydrogen) atoms. The molecule has 1 aromatic heterocycles. The lowest BCUT2D eigenvalue weighted by atomic mass is 9.87. The van der Waals surface area contributed by atoms with Crippen LogP contribution in [-0.4, -0.2) is 11.0 Å². The fourth-order valence-electron chi connectivity index (χ4n) is 1.34. The summed E-state index contributed by atoms with van der Waals surface area (Å²) in [4.78, 5) is 4.36. The molecule has 1 aromatic rings. The summed E-state index contributed by atoms with van der Waals surface area (Å²) in [7, 11) is 0. The minimum Gasteiger partial charge on any atom is -0.327 e. The molecule has 1 saturated carbocycles. The van der Waals surface area contributed by atoms with Crippen molar-refractivity contribution in [3.63, 3.8) is 0 Å². The fraction of sp³-hybridized carbons (Fsp3) is 0.444. The standard InChI is InChI=1S/C9H12N2S/c1-6-5-12-9(11-6)4-7-2-8(10)3-7/h4-5,8H,2-3,10H2,1H3. The number of aryl methyl sites for hydroxylation is 1. The van der Waals surface area contributed by atoms with Crippen LogP contribution in [0.4, 0.5) is 0 Å². The number of nitrogens with two attached hydrogens (primary N) is 1. The monoisotopic (exact) mass is 180 g/mol. The van der Waals surface area contributed by atoms with Gasteiger partial charge < -0.3 is 5.73 Å². The molecule has 0 unspecified atom stereocenters. The van der Waals surface area contributed by atoms with Crippen LogP contribution in [-0.2, 0) is 0 Å². The second kappa shape index (κ2) is 2.99. The van der Waals surface area contributed by atoms with Gasteiger partial charge in [0, 0.05) is 17.1 Å². The quantitative estimate of drug-likeness (QED) is 0.717. The van der Waals surface area contributed by atoms with Crippen LogP contribution in [0.5, 0.6) is 0 Å². The van der Waals surface area contributed by atoms with Crippen molar-refractivity contribution >= 4 is 17.4 Å². The van der Waals surface area contributed by atoms with Gasteiger partial charge in [-0.05, 0) is 25.8 Å². The van der Waals surface area contributed by atoms with Gasteiger partial charge >= 0.3 is 0 Å². The van der Waals surface area contributed by atoms with Crippen molar-refractivity contribution < 1.29 is 0 Å². The molecule has 0 aliphatic heterocycles. The van der Waals surface area contributed by atoms with Gasteiger partial charge in [0.2, 0.25) is 0 Å². The molecule has 0 atom stereocenters. The average Bonchev–Trinajstić information content (AvgIpc) is 2.33. The van der Waals surface area contributed by atoms with Crippen molar-refractivity contribution in [3.05, 3.63) is 21.7 Å². The van der Waals surface area contributed by atoms with Crippen LogP contribution in [0.2, 0.25) is 0 Å². The Morgan fingerprint density at radius 2 is 2.42 bits per heavy atom. The zero-order chi connectivity index (χ0) is 8.55. The molecule has 0 bridgehead atoms. The van der Waals surface area contributed by atoms with E-state index in [1.807, 2.05) is 6.92 Å². The third kappa shape index (κ3) is 1.57. The molecule has 1 heterocycles. The Bertz CT molecular complexity index is 306. The Balaban J connectivity index is 2.08. The van der Waals surface area contributed by atoms with Crippen LogP contribution >= 0.6 is 11.3 Å². The molecule has 3 heteroatoms. The van der Waals surface area contributed by atoms with Gasteiger partial charge in [0.05, 0.1) is 0 Å². The third-order valence-corrected chi connectivity index (χ3v) is 2.92. The molecule has 2 nitrogen and oxygen atoms in total. The van der Waals surface area contributed by atoms with E-state index in [2.05, 4.69) is 16.4 Å². The minimum absolute atomic E-state index is 0.400. The van der Waals surface area contributed by atoms with E-state index >= 15 is 0 Å². The Morgan fingerprint density at radius 1 is 1.67 bits per heavy atom. The van der Waals surface area contributed by atoms with Gasteiger partial charge in [-0.15, -0.1) is 11.3 Å². The molecule has 64 valence electrons. The van der Waals surface area contributed by atoms with Crippen LogP contribution in [0.1, 0.15) is 23.5 Å². The largest absolute Gasteiger partial charge is 0.327 e. The highest BCUT2D eigenvalue weighted by Crippen LogP contribution is 2.27. The SMILES string of the molecule is Cc1csc(C=C2CC(N)C2)n1.